The molecule has 3 amide bonds. The van der Waals surface area contributed by atoms with Crippen molar-refractivity contribution in [2.45, 2.75) is 103 Å². The third kappa shape index (κ3) is 17.0. The van der Waals surface area contributed by atoms with Gasteiger partial charge < -0.3 is 36.6 Å². The van der Waals surface area contributed by atoms with Crippen molar-refractivity contribution < 1.29 is 24.3 Å². The molecular formula is C52H72N6O5. The van der Waals surface area contributed by atoms with E-state index in [9.17, 15) is 19.2 Å². The van der Waals surface area contributed by atoms with Crippen LogP contribution in [-0.2, 0) is 44.9 Å². The Morgan fingerprint density at radius 3 is 1.48 bits per heavy atom. The fourth-order valence-electron chi connectivity index (χ4n) is 8.28. The lowest BCUT2D eigenvalue weighted by Crippen LogP contribution is -2.42. The van der Waals surface area contributed by atoms with Gasteiger partial charge in [0.15, 0.2) is 0 Å². The number of nitrogens with zero attached hydrogens (tertiary/aromatic N) is 2. The Balaban J connectivity index is 0.000000229. The van der Waals surface area contributed by atoms with Crippen molar-refractivity contribution in [2.24, 2.45) is 17.6 Å². The maximum atomic E-state index is 12.8. The maximum Gasteiger partial charge on any atom is 0.303 e. The van der Waals surface area contributed by atoms with Gasteiger partial charge in [-0.05, 0) is 123 Å². The Bertz CT molecular complexity index is 2070. The highest BCUT2D eigenvalue weighted by Gasteiger charge is 2.23. The average Bonchev–Trinajstić information content (AvgIpc) is 3.80. The van der Waals surface area contributed by atoms with E-state index >= 15 is 0 Å². The van der Waals surface area contributed by atoms with Gasteiger partial charge >= 0.3 is 5.97 Å². The first-order valence-electron chi connectivity index (χ1n) is 22.5. The van der Waals surface area contributed by atoms with Crippen LogP contribution in [0.15, 0.2) is 97.1 Å². The molecule has 4 atom stereocenters. The molecule has 11 heteroatoms. The third-order valence-electron chi connectivity index (χ3n) is 11.7. The van der Waals surface area contributed by atoms with Crippen LogP contribution in [0.25, 0.3) is 0 Å². The molecule has 0 fully saturated rings. The fourth-order valence-corrected chi connectivity index (χ4v) is 8.28. The Labute approximate surface area is 376 Å². The minimum absolute atomic E-state index is 0.0536. The topological polar surface area (TPSA) is 157 Å². The molecule has 340 valence electrons. The Hall–Kier alpha value is -5.36. The number of carboxylic acids is 1. The summed E-state index contributed by atoms with van der Waals surface area (Å²) in [6, 6.07) is 33.1. The molecule has 0 saturated carbocycles. The molecule has 2 aliphatic rings. The van der Waals surface area contributed by atoms with Gasteiger partial charge in [-0.3, -0.25) is 19.2 Å². The lowest BCUT2D eigenvalue weighted by molar-refractivity contribution is -0.137. The summed E-state index contributed by atoms with van der Waals surface area (Å²) in [5, 5.41) is 17.7. The predicted octanol–water partition coefficient (Wildman–Crippen LogP) is 7.89. The van der Waals surface area contributed by atoms with Gasteiger partial charge in [0.2, 0.25) is 17.7 Å². The summed E-state index contributed by atoms with van der Waals surface area (Å²) in [5.41, 5.74) is 14.6. The van der Waals surface area contributed by atoms with E-state index in [1.165, 1.54) is 16.7 Å². The van der Waals surface area contributed by atoms with Crippen molar-refractivity contribution in [1.82, 2.24) is 15.1 Å². The van der Waals surface area contributed by atoms with Gasteiger partial charge in [-0.25, -0.2) is 0 Å². The summed E-state index contributed by atoms with van der Waals surface area (Å²) in [6.07, 6.45) is 5.35. The largest absolute Gasteiger partial charge is 0.481 e. The van der Waals surface area contributed by atoms with Crippen molar-refractivity contribution in [1.29, 1.82) is 0 Å². The zero-order chi connectivity index (χ0) is 46.1. The molecule has 11 nitrogen and oxygen atoms in total. The van der Waals surface area contributed by atoms with Crippen LogP contribution >= 0.6 is 0 Å². The first kappa shape index (κ1) is 50.3. The van der Waals surface area contributed by atoms with Crippen LogP contribution in [0.1, 0.15) is 98.6 Å². The number of aliphatic carboxylic acids is 1. The van der Waals surface area contributed by atoms with Crippen LogP contribution in [-0.4, -0.2) is 92.0 Å². The molecule has 2 heterocycles. The fraction of sp³-hybridized carbons (Fsp3) is 0.462. The lowest BCUT2D eigenvalue weighted by atomic mass is 9.87. The van der Waals surface area contributed by atoms with Crippen LogP contribution in [0.3, 0.4) is 0 Å². The van der Waals surface area contributed by atoms with Crippen LogP contribution in [0, 0.1) is 11.8 Å². The smallest absolute Gasteiger partial charge is 0.303 e. The third-order valence-corrected chi connectivity index (χ3v) is 11.7. The molecule has 0 spiro atoms. The summed E-state index contributed by atoms with van der Waals surface area (Å²) in [6.45, 7) is 9.89. The second-order valence-electron chi connectivity index (χ2n) is 18.4. The van der Waals surface area contributed by atoms with Crippen molar-refractivity contribution >= 4 is 35.1 Å². The van der Waals surface area contributed by atoms with Gasteiger partial charge in [0, 0.05) is 43.0 Å². The number of carboxylic acid groups (broad SMARTS) is 1. The van der Waals surface area contributed by atoms with Crippen molar-refractivity contribution in [3.05, 3.63) is 130 Å². The van der Waals surface area contributed by atoms with Crippen molar-refractivity contribution in [3.63, 3.8) is 0 Å². The molecule has 0 aliphatic carbocycles. The number of likely N-dealkylation sites (N-methyl/N-ethyl adjacent to an activating group) is 2. The minimum Gasteiger partial charge on any atom is -0.481 e. The van der Waals surface area contributed by atoms with Crippen LogP contribution in [0.2, 0.25) is 0 Å². The summed E-state index contributed by atoms with van der Waals surface area (Å²) in [4.78, 5) is 50.7. The summed E-state index contributed by atoms with van der Waals surface area (Å²) in [5.74, 6) is 0.959. The molecule has 4 aromatic carbocycles. The Kier molecular flexibility index (Phi) is 20.0. The number of nitrogens with two attached hydrogens (primary N) is 1. The van der Waals surface area contributed by atoms with E-state index in [2.05, 4.69) is 89.8 Å². The summed E-state index contributed by atoms with van der Waals surface area (Å²) >= 11 is 0. The summed E-state index contributed by atoms with van der Waals surface area (Å²) in [7, 11) is 8.16. The van der Waals surface area contributed by atoms with E-state index < -0.39 is 5.97 Å². The number of hydrogen-bond donors (Lipinski definition) is 5. The first-order valence-corrected chi connectivity index (χ1v) is 22.5. The van der Waals surface area contributed by atoms with E-state index in [1.807, 2.05) is 88.9 Å². The average molecular weight is 861 g/mol. The zero-order valence-electron chi connectivity index (χ0n) is 38.8. The Morgan fingerprint density at radius 2 is 1.08 bits per heavy atom. The van der Waals surface area contributed by atoms with E-state index in [4.69, 9.17) is 10.8 Å². The van der Waals surface area contributed by atoms with Gasteiger partial charge in [-0.15, -0.1) is 0 Å². The molecule has 6 rings (SSSR count). The number of fused-ring (bicyclic) bond motifs is 2. The monoisotopic (exact) mass is 861 g/mol. The lowest BCUT2D eigenvalue weighted by Gasteiger charge is -2.26. The number of carbonyl (C=O) groups excluding carboxylic acids is 3. The molecule has 0 unspecified atom stereocenters. The second kappa shape index (κ2) is 25.1. The van der Waals surface area contributed by atoms with E-state index in [0.29, 0.717) is 50.2 Å². The normalized spacial score (nSPS) is 14.7. The highest BCUT2D eigenvalue weighted by Crippen LogP contribution is 2.29. The van der Waals surface area contributed by atoms with Gasteiger partial charge in [-0.2, -0.15) is 0 Å². The van der Waals surface area contributed by atoms with E-state index in [-0.39, 0.29) is 42.0 Å². The van der Waals surface area contributed by atoms with Crippen molar-refractivity contribution in [2.75, 3.05) is 51.9 Å². The van der Waals surface area contributed by atoms with E-state index in [1.54, 1.807) is 0 Å². The molecule has 0 radical (unpaired) electrons. The zero-order valence-corrected chi connectivity index (χ0v) is 38.8. The molecule has 6 N–H and O–H groups in total. The first-order chi connectivity index (χ1) is 30.0. The van der Waals surface area contributed by atoms with Crippen LogP contribution < -0.4 is 21.7 Å². The molecule has 4 aromatic rings. The highest BCUT2D eigenvalue weighted by molar-refractivity contribution is 5.99. The predicted molar refractivity (Wildman–Crippen MR) is 256 cm³/mol. The summed E-state index contributed by atoms with van der Waals surface area (Å²) < 4.78 is 0. The van der Waals surface area contributed by atoms with Gasteiger partial charge in [0.25, 0.3) is 0 Å². The number of carbonyl (C=O) groups is 4. The molecular weight excluding hydrogens is 789 g/mol. The number of rotatable bonds is 19. The molecule has 2 aliphatic heterocycles. The number of benzene rings is 4. The van der Waals surface area contributed by atoms with Crippen LogP contribution in [0.4, 0.5) is 11.4 Å². The van der Waals surface area contributed by atoms with Crippen molar-refractivity contribution in [3.8, 4) is 0 Å². The number of hydrogen-bond acceptors (Lipinski definition) is 7. The van der Waals surface area contributed by atoms with Gasteiger partial charge in [0.1, 0.15) is 0 Å². The highest BCUT2D eigenvalue weighted by atomic mass is 16.4. The standard InChI is InChI=1S/C26H35N3O2.C13H19N3O.C13H18O2/c1-18(2)12-21(20-8-6-5-7-9-20)15-25(30)27-17-23(29(3)4)14-19-10-11-24-22(13-19)16-26(31)28-24;1-16(2)11(8-14)6-9-3-4-12-10(5-9)7-13(17)15-12;1-10(2)8-12(9-13(14)15)11-6-4-3-5-7-11/h5-11,13,18,21,23H,12,14-17H2,1-4H3,(H,27,30)(H,28,31);3-5,11H,6-8,14H2,1-2H3,(H,15,17);3-7,10,12H,8-9H2,1-2H3,(H,14,15)/t21-,23-;11-;12-/m000/s1. The van der Waals surface area contributed by atoms with Crippen LogP contribution in [0.5, 0.6) is 0 Å². The molecule has 0 saturated heterocycles. The maximum absolute atomic E-state index is 12.8. The van der Waals surface area contributed by atoms with Gasteiger partial charge in [0.05, 0.1) is 19.3 Å². The minimum atomic E-state index is -0.718. The molecule has 0 aromatic heterocycles. The van der Waals surface area contributed by atoms with E-state index in [0.717, 1.165) is 53.7 Å². The number of anilines is 2. The SMILES string of the molecule is CC(C)C[C@@H](CC(=O)NC[C@H](Cc1ccc2c(c1)CC(=O)N2)N(C)C)c1ccccc1.CC(C)C[C@@H](CC(=O)O)c1ccccc1.CN(C)[C@H](CN)Cc1ccc2c(c1)CC(=O)N2. The Morgan fingerprint density at radius 1 is 0.651 bits per heavy atom. The molecule has 63 heavy (non-hydrogen) atoms. The second-order valence-corrected chi connectivity index (χ2v) is 18.4. The molecule has 0 bridgehead atoms. The van der Waals surface area contributed by atoms with Gasteiger partial charge in [-0.1, -0.05) is 113 Å². The number of nitrogens with one attached hydrogen (secondary N) is 3. The number of amides is 3. The quantitative estimate of drug-likeness (QED) is 0.0638.